The number of carbonyl (C=O) groups is 1. The molecule has 0 radical (unpaired) electrons. The summed E-state index contributed by atoms with van der Waals surface area (Å²) in [5.74, 6) is 0.163. The summed E-state index contributed by atoms with van der Waals surface area (Å²) in [6, 6.07) is 11.7. The molecule has 25 heavy (non-hydrogen) atoms. The molecule has 0 N–H and O–H groups in total. The van der Waals surface area contributed by atoms with Crippen LogP contribution >= 0.6 is 0 Å². The van der Waals surface area contributed by atoms with Crippen LogP contribution in [0.25, 0.3) is 0 Å². The Labute approximate surface area is 148 Å². The molecule has 5 nitrogen and oxygen atoms in total. The zero-order valence-electron chi connectivity index (χ0n) is 14.9. The van der Waals surface area contributed by atoms with Crippen LogP contribution in [0.2, 0.25) is 0 Å². The maximum Gasteiger partial charge on any atom is 0.227 e. The molecule has 1 saturated heterocycles. The second-order valence-corrected chi connectivity index (χ2v) is 6.83. The first kappa shape index (κ1) is 17.2. The molecule has 1 aromatic heterocycles. The van der Waals surface area contributed by atoms with E-state index in [-0.39, 0.29) is 11.9 Å². The van der Waals surface area contributed by atoms with Gasteiger partial charge in [0.25, 0.3) is 0 Å². The molecule has 1 fully saturated rings. The predicted molar refractivity (Wildman–Crippen MR) is 95.9 cm³/mol. The summed E-state index contributed by atoms with van der Waals surface area (Å²) >= 11 is 0. The van der Waals surface area contributed by atoms with Gasteiger partial charge in [0.05, 0.1) is 36.3 Å². The molecule has 1 aliphatic heterocycles. The second-order valence-electron chi connectivity index (χ2n) is 6.83. The van der Waals surface area contributed by atoms with Gasteiger partial charge in [-0.05, 0) is 56.9 Å². The maximum absolute atomic E-state index is 12.8. The predicted octanol–water partition coefficient (Wildman–Crippen LogP) is 3.00. The minimum Gasteiger partial charge on any atom is -0.338 e. The Morgan fingerprint density at radius 1 is 1.28 bits per heavy atom. The van der Waals surface area contributed by atoms with Crippen LogP contribution < -0.4 is 0 Å². The first-order valence-electron chi connectivity index (χ1n) is 8.86. The Bertz CT molecular complexity index is 785. The van der Waals surface area contributed by atoms with Crippen LogP contribution in [0.3, 0.4) is 0 Å². The SMILES string of the molecule is Cc1cc(C)n(C[C@@H]2CCCCN2C(=O)Cc2ccc(C#N)cc2)n1. The second kappa shape index (κ2) is 7.52. The van der Waals surface area contributed by atoms with E-state index < -0.39 is 0 Å². The third kappa shape index (κ3) is 4.08. The molecule has 1 aromatic carbocycles. The Hall–Kier alpha value is -2.61. The van der Waals surface area contributed by atoms with Gasteiger partial charge in [-0.15, -0.1) is 0 Å². The van der Waals surface area contributed by atoms with Crippen molar-refractivity contribution in [3.05, 3.63) is 52.8 Å². The number of nitriles is 1. The Morgan fingerprint density at radius 2 is 2.04 bits per heavy atom. The fourth-order valence-corrected chi connectivity index (χ4v) is 3.55. The molecule has 1 aliphatic rings. The van der Waals surface area contributed by atoms with Crippen molar-refractivity contribution in [3.8, 4) is 6.07 Å². The van der Waals surface area contributed by atoms with E-state index in [0.29, 0.717) is 12.0 Å². The van der Waals surface area contributed by atoms with Crippen LogP contribution in [0.5, 0.6) is 0 Å². The highest BCUT2D eigenvalue weighted by atomic mass is 16.2. The monoisotopic (exact) mass is 336 g/mol. The molecule has 5 heteroatoms. The van der Waals surface area contributed by atoms with E-state index in [4.69, 9.17) is 5.26 Å². The van der Waals surface area contributed by atoms with Crippen LogP contribution in [0.4, 0.5) is 0 Å². The molecule has 0 aliphatic carbocycles. The number of amides is 1. The molecule has 0 saturated carbocycles. The third-order valence-corrected chi connectivity index (χ3v) is 4.87. The van der Waals surface area contributed by atoms with Gasteiger partial charge < -0.3 is 4.90 Å². The Balaban J connectivity index is 1.70. The fourth-order valence-electron chi connectivity index (χ4n) is 3.55. The maximum atomic E-state index is 12.8. The van der Waals surface area contributed by atoms with Gasteiger partial charge in [0.15, 0.2) is 0 Å². The number of nitrogens with zero attached hydrogens (tertiary/aromatic N) is 4. The third-order valence-electron chi connectivity index (χ3n) is 4.87. The average Bonchev–Trinajstić information content (AvgIpc) is 2.93. The van der Waals surface area contributed by atoms with Gasteiger partial charge in [-0.25, -0.2) is 0 Å². The lowest BCUT2D eigenvalue weighted by Crippen LogP contribution is -2.46. The minimum absolute atomic E-state index is 0.163. The van der Waals surface area contributed by atoms with E-state index in [1.165, 1.54) is 0 Å². The van der Waals surface area contributed by atoms with E-state index in [9.17, 15) is 4.79 Å². The molecular weight excluding hydrogens is 312 g/mol. The number of hydrogen-bond acceptors (Lipinski definition) is 3. The van der Waals surface area contributed by atoms with Crippen LogP contribution in [0.1, 0.15) is 41.8 Å². The molecule has 3 rings (SSSR count). The van der Waals surface area contributed by atoms with E-state index in [1.54, 1.807) is 12.1 Å². The highest BCUT2D eigenvalue weighted by Gasteiger charge is 2.27. The van der Waals surface area contributed by atoms with Gasteiger partial charge in [-0.3, -0.25) is 9.48 Å². The smallest absolute Gasteiger partial charge is 0.227 e. The number of hydrogen-bond donors (Lipinski definition) is 0. The van der Waals surface area contributed by atoms with Crippen molar-refractivity contribution in [2.24, 2.45) is 0 Å². The number of likely N-dealkylation sites (tertiary alicyclic amines) is 1. The van der Waals surface area contributed by atoms with Gasteiger partial charge in [-0.1, -0.05) is 12.1 Å². The van der Waals surface area contributed by atoms with Crippen molar-refractivity contribution >= 4 is 5.91 Å². The molecule has 1 amide bonds. The van der Waals surface area contributed by atoms with E-state index in [2.05, 4.69) is 24.2 Å². The number of aromatic nitrogens is 2. The number of rotatable bonds is 4. The van der Waals surface area contributed by atoms with Crippen LogP contribution in [-0.4, -0.2) is 33.2 Å². The van der Waals surface area contributed by atoms with Crippen molar-refractivity contribution in [2.75, 3.05) is 6.54 Å². The lowest BCUT2D eigenvalue weighted by Gasteiger charge is -2.36. The van der Waals surface area contributed by atoms with Gasteiger partial charge in [0, 0.05) is 12.2 Å². The summed E-state index contributed by atoms with van der Waals surface area (Å²) < 4.78 is 2.02. The zero-order chi connectivity index (χ0) is 17.8. The lowest BCUT2D eigenvalue weighted by molar-refractivity contribution is -0.134. The van der Waals surface area contributed by atoms with Crippen molar-refractivity contribution < 1.29 is 4.79 Å². The van der Waals surface area contributed by atoms with Gasteiger partial charge in [-0.2, -0.15) is 10.4 Å². The molecule has 2 heterocycles. The molecular formula is C20H24N4O. The number of benzene rings is 1. The van der Waals surface area contributed by atoms with Crippen molar-refractivity contribution in [1.82, 2.24) is 14.7 Å². The summed E-state index contributed by atoms with van der Waals surface area (Å²) in [6.45, 7) is 5.64. The first-order valence-corrected chi connectivity index (χ1v) is 8.86. The summed E-state index contributed by atoms with van der Waals surface area (Å²) in [5, 5.41) is 13.4. The molecule has 0 bridgehead atoms. The summed E-state index contributed by atoms with van der Waals surface area (Å²) in [6.07, 6.45) is 3.63. The first-order chi connectivity index (χ1) is 12.1. The van der Waals surface area contributed by atoms with Crippen LogP contribution in [0, 0.1) is 25.2 Å². The van der Waals surface area contributed by atoms with Crippen molar-refractivity contribution in [3.63, 3.8) is 0 Å². The van der Waals surface area contributed by atoms with Gasteiger partial charge in [0.1, 0.15) is 0 Å². The number of piperidine rings is 1. The van der Waals surface area contributed by atoms with Gasteiger partial charge >= 0.3 is 0 Å². The van der Waals surface area contributed by atoms with Crippen LogP contribution in [0.15, 0.2) is 30.3 Å². The normalized spacial score (nSPS) is 17.3. The van der Waals surface area contributed by atoms with Gasteiger partial charge in [0.2, 0.25) is 5.91 Å². The fraction of sp³-hybridized carbons (Fsp3) is 0.450. The van der Waals surface area contributed by atoms with E-state index >= 15 is 0 Å². The highest BCUT2D eigenvalue weighted by molar-refractivity contribution is 5.79. The molecule has 2 aromatic rings. The Kier molecular flexibility index (Phi) is 5.18. The van der Waals surface area contributed by atoms with E-state index in [0.717, 1.165) is 49.3 Å². The quantitative estimate of drug-likeness (QED) is 0.862. The summed E-state index contributed by atoms with van der Waals surface area (Å²) in [7, 11) is 0. The lowest BCUT2D eigenvalue weighted by atomic mass is 10.0. The Morgan fingerprint density at radius 3 is 2.68 bits per heavy atom. The van der Waals surface area contributed by atoms with Crippen LogP contribution in [-0.2, 0) is 17.8 Å². The summed E-state index contributed by atoms with van der Waals surface area (Å²) in [4.78, 5) is 14.9. The standard InChI is InChI=1S/C20H24N4O/c1-15-11-16(2)24(22-15)14-19-5-3-4-10-23(19)20(25)12-17-6-8-18(13-21)9-7-17/h6-9,11,19H,3-5,10,12,14H2,1-2H3/t19-/m0/s1. The molecule has 0 unspecified atom stereocenters. The van der Waals surface area contributed by atoms with Crippen molar-refractivity contribution in [1.29, 1.82) is 5.26 Å². The highest BCUT2D eigenvalue weighted by Crippen LogP contribution is 2.21. The average molecular weight is 336 g/mol. The van der Waals surface area contributed by atoms with Crippen molar-refractivity contribution in [2.45, 2.75) is 52.1 Å². The molecule has 130 valence electrons. The zero-order valence-corrected chi connectivity index (χ0v) is 14.9. The number of aryl methyl sites for hydroxylation is 2. The molecule has 1 atom stereocenters. The summed E-state index contributed by atoms with van der Waals surface area (Å²) in [5.41, 5.74) is 3.74. The number of carbonyl (C=O) groups excluding carboxylic acids is 1. The largest absolute Gasteiger partial charge is 0.338 e. The minimum atomic E-state index is 0.163. The topological polar surface area (TPSA) is 61.9 Å². The molecule has 0 spiro atoms. The van der Waals surface area contributed by atoms with E-state index in [1.807, 2.05) is 28.6 Å².